The van der Waals surface area contributed by atoms with Gasteiger partial charge in [-0.2, -0.15) is 0 Å². The van der Waals surface area contributed by atoms with Crippen LogP contribution in [0.25, 0.3) is 0 Å². The standard InChI is InChI=1S/C17H27FN2S/c1-3-5-7-12-20(13-8-6-4-2)17(21)19-16-11-9-10-15(18)14-16/h9-11,14H,3-8,12-13H2,1-2H3,(H,19,21). The van der Waals surface area contributed by atoms with Crippen molar-refractivity contribution in [3.8, 4) is 0 Å². The Kier molecular flexibility index (Phi) is 8.99. The van der Waals surface area contributed by atoms with Gasteiger partial charge in [-0.25, -0.2) is 4.39 Å². The number of anilines is 1. The van der Waals surface area contributed by atoms with E-state index in [1.165, 1.54) is 37.8 Å². The zero-order chi connectivity index (χ0) is 15.5. The Morgan fingerprint density at radius 1 is 1.10 bits per heavy atom. The van der Waals surface area contributed by atoms with Crippen LogP contribution in [-0.2, 0) is 0 Å². The summed E-state index contributed by atoms with van der Waals surface area (Å²) in [7, 11) is 0. The van der Waals surface area contributed by atoms with Gasteiger partial charge < -0.3 is 10.2 Å². The number of nitrogens with zero attached hydrogens (tertiary/aromatic N) is 1. The van der Waals surface area contributed by atoms with Crippen molar-refractivity contribution in [1.29, 1.82) is 0 Å². The third-order valence-corrected chi connectivity index (χ3v) is 3.79. The van der Waals surface area contributed by atoms with E-state index in [1.807, 2.05) is 6.07 Å². The molecule has 0 atom stereocenters. The van der Waals surface area contributed by atoms with Gasteiger partial charge in [0.15, 0.2) is 5.11 Å². The first kappa shape index (κ1) is 17.9. The molecule has 0 aromatic heterocycles. The second-order valence-electron chi connectivity index (χ2n) is 5.34. The second kappa shape index (κ2) is 10.6. The summed E-state index contributed by atoms with van der Waals surface area (Å²) in [5.41, 5.74) is 0.719. The molecule has 0 aliphatic rings. The topological polar surface area (TPSA) is 15.3 Å². The maximum Gasteiger partial charge on any atom is 0.173 e. The second-order valence-corrected chi connectivity index (χ2v) is 5.73. The SMILES string of the molecule is CCCCCN(CCCCC)C(=S)Nc1cccc(F)c1. The number of halogens is 1. The highest BCUT2D eigenvalue weighted by Crippen LogP contribution is 2.11. The molecule has 4 heteroatoms. The molecular weight excluding hydrogens is 283 g/mol. The van der Waals surface area contributed by atoms with Gasteiger partial charge in [-0.15, -0.1) is 0 Å². The highest BCUT2D eigenvalue weighted by Gasteiger charge is 2.09. The van der Waals surface area contributed by atoms with Gasteiger partial charge in [0.2, 0.25) is 0 Å². The molecule has 21 heavy (non-hydrogen) atoms. The van der Waals surface area contributed by atoms with Crippen molar-refractivity contribution in [3.05, 3.63) is 30.1 Å². The average Bonchev–Trinajstić information content (AvgIpc) is 2.46. The van der Waals surface area contributed by atoms with E-state index >= 15 is 0 Å². The highest BCUT2D eigenvalue weighted by atomic mass is 32.1. The molecule has 1 aromatic rings. The molecular formula is C17H27FN2S. The van der Waals surface area contributed by atoms with Gasteiger partial charge in [-0.05, 0) is 43.3 Å². The minimum absolute atomic E-state index is 0.244. The fraction of sp³-hybridized carbons (Fsp3) is 0.588. The molecule has 0 amide bonds. The van der Waals surface area contributed by atoms with Crippen LogP contribution in [0.5, 0.6) is 0 Å². The van der Waals surface area contributed by atoms with E-state index < -0.39 is 0 Å². The van der Waals surface area contributed by atoms with E-state index in [1.54, 1.807) is 6.07 Å². The molecule has 0 saturated heterocycles. The zero-order valence-electron chi connectivity index (χ0n) is 13.2. The summed E-state index contributed by atoms with van der Waals surface area (Å²) >= 11 is 5.49. The Morgan fingerprint density at radius 2 is 1.71 bits per heavy atom. The Balaban J connectivity index is 2.55. The lowest BCUT2D eigenvalue weighted by molar-refractivity contribution is 0.395. The Bertz CT molecular complexity index is 413. The van der Waals surface area contributed by atoms with Crippen LogP contribution in [0.2, 0.25) is 0 Å². The van der Waals surface area contributed by atoms with Gasteiger partial charge in [0, 0.05) is 18.8 Å². The van der Waals surface area contributed by atoms with Crippen LogP contribution in [0.1, 0.15) is 52.4 Å². The number of thiocarbonyl (C=S) groups is 1. The van der Waals surface area contributed by atoms with Crippen molar-refractivity contribution in [3.63, 3.8) is 0 Å². The molecule has 1 N–H and O–H groups in total. The number of nitrogens with one attached hydrogen (secondary N) is 1. The summed E-state index contributed by atoms with van der Waals surface area (Å²) in [6.07, 6.45) is 7.13. The summed E-state index contributed by atoms with van der Waals surface area (Å²) in [6, 6.07) is 6.45. The fourth-order valence-corrected chi connectivity index (χ4v) is 2.49. The van der Waals surface area contributed by atoms with Crippen LogP contribution < -0.4 is 5.32 Å². The molecule has 118 valence electrons. The first-order valence-electron chi connectivity index (χ1n) is 7.98. The molecule has 0 aliphatic carbocycles. The van der Waals surface area contributed by atoms with Crippen molar-refractivity contribution >= 4 is 23.0 Å². The molecule has 2 nitrogen and oxygen atoms in total. The Morgan fingerprint density at radius 3 is 2.24 bits per heavy atom. The van der Waals surface area contributed by atoms with Gasteiger partial charge >= 0.3 is 0 Å². The van der Waals surface area contributed by atoms with E-state index in [0.717, 1.165) is 31.6 Å². The highest BCUT2D eigenvalue weighted by molar-refractivity contribution is 7.80. The number of unbranched alkanes of at least 4 members (excludes halogenated alkanes) is 4. The molecule has 0 unspecified atom stereocenters. The van der Waals surface area contributed by atoms with E-state index in [2.05, 4.69) is 24.1 Å². The lowest BCUT2D eigenvalue weighted by atomic mass is 10.2. The summed E-state index contributed by atoms with van der Waals surface area (Å²) in [4.78, 5) is 2.21. The van der Waals surface area contributed by atoms with Crippen LogP contribution in [0, 0.1) is 5.82 Å². The third kappa shape index (κ3) is 7.42. The predicted molar refractivity (Wildman–Crippen MR) is 93.2 cm³/mol. The van der Waals surface area contributed by atoms with Crippen molar-refractivity contribution < 1.29 is 4.39 Å². The molecule has 0 radical (unpaired) electrons. The van der Waals surface area contributed by atoms with Crippen LogP contribution in [0.3, 0.4) is 0 Å². The molecule has 0 bridgehead atoms. The molecule has 0 fully saturated rings. The van der Waals surface area contributed by atoms with Crippen LogP contribution in [-0.4, -0.2) is 23.1 Å². The summed E-state index contributed by atoms with van der Waals surface area (Å²) in [5, 5.41) is 3.86. The van der Waals surface area contributed by atoms with Crippen molar-refractivity contribution in [2.45, 2.75) is 52.4 Å². The minimum atomic E-state index is -0.244. The summed E-state index contributed by atoms with van der Waals surface area (Å²) in [6.45, 7) is 6.34. The fourth-order valence-electron chi connectivity index (χ4n) is 2.19. The average molecular weight is 310 g/mol. The van der Waals surface area contributed by atoms with Crippen molar-refractivity contribution in [2.24, 2.45) is 0 Å². The molecule has 1 rings (SSSR count). The van der Waals surface area contributed by atoms with Gasteiger partial charge in [-0.1, -0.05) is 45.6 Å². The first-order valence-corrected chi connectivity index (χ1v) is 8.39. The van der Waals surface area contributed by atoms with Gasteiger partial charge in [0.25, 0.3) is 0 Å². The predicted octanol–water partition coefficient (Wildman–Crippen LogP) is 5.20. The van der Waals surface area contributed by atoms with Crippen LogP contribution >= 0.6 is 12.2 Å². The van der Waals surface area contributed by atoms with Gasteiger partial charge in [-0.3, -0.25) is 0 Å². The minimum Gasteiger partial charge on any atom is -0.349 e. The molecule has 0 spiro atoms. The van der Waals surface area contributed by atoms with Gasteiger partial charge in [0.1, 0.15) is 5.82 Å². The van der Waals surface area contributed by atoms with Crippen molar-refractivity contribution in [2.75, 3.05) is 18.4 Å². The summed E-state index contributed by atoms with van der Waals surface area (Å²) in [5.74, 6) is -0.244. The van der Waals surface area contributed by atoms with Crippen LogP contribution in [0.15, 0.2) is 24.3 Å². The quantitative estimate of drug-likeness (QED) is 0.498. The third-order valence-electron chi connectivity index (χ3n) is 3.43. The summed E-state index contributed by atoms with van der Waals surface area (Å²) < 4.78 is 13.2. The Labute approximate surface area is 133 Å². The zero-order valence-corrected chi connectivity index (χ0v) is 14.0. The smallest absolute Gasteiger partial charge is 0.173 e. The van der Waals surface area contributed by atoms with E-state index in [-0.39, 0.29) is 5.82 Å². The van der Waals surface area contributed by atoms with Gasteiger partial charge in [0.05, 0.1) is 0 Å². The number of hydrogen-bond donors (Lipinski definition) is 1. The molecule has 0 heterocycles. The maximum atomic E-state index is 13.2. The van der Waals surface area contributed by atoms with Crippen LogP contribution in [0.4, 0.5) is 10.1 Å². The number of rotatable bonds is 9. The Hall–Kier alpha value is -1.16. The molecule has 1 aromatic carbocycles. The lowest BCUT2D eigenvalue weighted by Crippen LogP contribution is -2.36. The maximum absolute atomic E-state index is 13.2. The van der Waals surface area contributed by atoms with E-state index in [4.69, 9.17) is 12.2 Å². The number of hydrogen-bond acceptors (Lipinski definition) is 1. The monoisotopic (exact) mass is 310 g/mol. The molecule has 0 aliphatic heterocycles. The lowest BCUT2D eigenvalue weighted by Gasteiger charge is -2.26. The number of benzene rings is 1. The van der Waals surface area contributed by atoms with E-state index in [0.29, 0.717) is 5.11 Å². The normalized spacial score (nSPS) is 10.4. The molecule has 0 saturated carbocycles. The van der Waals surface area contributed by atoms with Crippen molar-refractivity contribution in [1.82, 2.24) is 4.90 Å². The largest absolute Gasteiger partial charge is 0.349 e. The first-order chi connectivity index (χ1) is 10.2. The van der Waals surface area contributed by atoms with E-state index in [9.17, 15) is 4.39 Å².